The van der Waals surface area contributed by atoms with Crippen molar-refractivity contribution in [3.8, 4) is 28.5 Å². The lowest BCUT2D eigenvalue weighted by molar-refractivity contribution is -0.136. The van der Waals surface area contributed by atoms with Gasteiger partial charge in [-0.15, -0.1) is 11.3 Å². The van der Waals surface area contributed by atoms with E-state index in [1.165, 1.54) is 11.3 Å². The molecule has 0 amide bonds. The number of rotatable bonds is 9. The molecule has 3 aromatic rings. The maximum absolute atomic E-state index is 11.4. The summed E-state index contributed by atoms with van der Waals surface area (Å²) in [6, 6.07) is 12.9. The van der Waals surface area contributed by atoms with Gasteiger partial charge in [-0.25, -0.2) is 4.98 Å². The van der Waals surface area contributed by atoms with E-state index in [4.69, 9.17) is 14.2 Å². The van der Waals surface area contributed by atoms with Crippen LogP contribution in [-0.4, -0.2) is 36.9 Å². The van der Waals surface area contributed by atoms with Gasteiger partial charge in [0.25, 0.3) is 0 Å². The van der Waals surface area contributed by atoms with E-state index in [2.05, 4.69) is 10.3 Å². The molecule has 7 nitrogen and oxygen atoms in total. The lowest BCUT2D eigenvalue weighted by Crippen LogP contribution is -2.00. The number of carbonyl (C=O) groups is 1. The van der Waals surface area contributed by atoms with Crippen molar-refractivity contribution >= 4 is 28.1 Å². The van der Waals surface area contributed by atoms with Gasteiger partial charge in [0.15, 0.2) is 5.13 Å². The first-order valence-corrected chi connectivity index (χ1v) is 9.79. The van der Waals surface area contributed by atoms with Crippen LogP contribution in [0.2, 0.25) is 0 Å². The molecule has 0 bridgehead atoms. The quantitative estimate of drug-likeness (QED) is 0.529. The monoisotopic (exact) mass is 414 g/mol. The van der Waals surface area contributed by atoms with Gasteiger partial charge < -0.3 is 24.6 Å². The summed E-state index contributed by atoms with van der Waals surface area (Å²) in [5.74, 6) is 1.07. The molecule has 2 aromatic carbocycles. The van der Waals surface area contributed by atoms with Gasteiger partial charge in [0.1, 0.15) is 17.2 Å². The van der Waals surface area contributed by atoms with Crippen molar-refractivity contribution in [2.24, 2.45) is 0 Å². The molecule has 0 aliphatic heterocycles. The van der Waals surface area contributed by atoms with E-state index in [9.17, 15) is 9.90 Å². The van der Waals surface area contributed by atoms with Crippen molar-refractivity contribution in [3.05, 3.63) is 47.3 Å². The van der Waals surface area contributed by atoms with Gasteiger partial charge in [0, 0.05) is 22.2 Å². The Morgan fingerprint density at radius 2 is 1.83 bits per heavy atom. The first-order chi connectivity index (χ1) is 14.0. The first kappa shape index (κ1) is 20.5. The summed E-state index contributed by atoms with van der Waals surface area (Å²) in [5.41, 5.74) is 2.11. The minimum atomic E-state index is -0.921. The van der Waals surface area contributed by atoms with Gasteiger partial charge >= 0.3 is 5.97 Å². The summed E-state index contributed by atoms with van der Waals surface area (Å²) in [7, 11) is 3.13. The first-order valence-electron chi connectivity index (χ1n) is 8.97. The Morgan fingerprint density at radius 1 is 1.10 bits per heavy atom. The van der Waals surface area contributed by atoms with E-state index in [0.29, 0.717) is 39.4 Å². The molecule has 3 rings (SSSR count). The van der Waals surface area contributed by atoms with Crippen molar-refractivity contribution in [1.29, 1.82) is 0 Å². The largest absolute Gasteiger partial charge is 0.497 e. The normalized spacial score (nSPS) is 10.4. The van der Waals surface area contributed by atoms with Crippen LogP contribution in [0.15, 0.2) is 42.5 Å². The molecule has 0 fully saturated rings. The summed E-state index contributed by atoms with van der Waals surface area (Å²) in [6.45, 7) is 2.53. The van der Waals surface area contributed by atoms with Gasteiger partial charge in [0.05, 0.1) is 32.9 Å². The average molecular weight is 414 g/mol. The van der Waals surface area contributed by atoms with Crippen molar-refractivity contribution in [1.82, 2.24) is 4.98 Å². The van der Waals surface area contributed by atoms with Gasteiger partial charge in [-0.2, -0.15) is 0 Å². The number of ether oxygens (including phenoxy) is 3. The van der Waals surface area contributed by atoms with Crippen LogP contribution in [0, 0.1) is 0 Å². The van der Waals surface area contributed by atoms with Gasteiger partial charge in [-0.05, 0) is 43.3 Å². The number of aliphatic carboxylic acids is 1. The van der Waals surface area contributed by atoms with Crippen LogP contribution in [0.25, 0.3) is 11.3 Å². The van der Waals surface area contributed by atoms with Crippen LogP contribution >= 0.6 is 11.3 Å². The van der Waals surface area contributed by atoms with Crippen molar-refractivity contribution in [2.45, 2.75) is 13.3 Å². The smallest absolute Gasteiger partial charge is 0.308 e. The fourth-order valence-electron chi connectivity index (χ4n) is 2.79. The minimum Gasteiger partial charge on any atom is -0.497 e. The predicted molar refractivity (Wildman–Crippen MR) is 113 cm³/mol. The van der Waals surface area contributed by atoms with E-state index in [-0.39, 0.29) is 6.42 Å². The number of carboxylic acid groups (broad SMARTS) is 1. The summed E-state index contributed by atoms with van der Waals surface area (Å²) in [4.78, 5) is 16.6. The predicted octanol–water partition coefficient (Wildman–Crippen LogP) is 4.60. The highest BCUT2D eigenvalue weighted by molar-refractivity contribution is 7.16. The average Bonchev–Trinajstić information content (AvgIpc) is 3.10. The van der Waals surface area contributed by atoms with Crippen LogP contribution in [0.4, 0.5) is 10.8 Å². The highest BCUT2D eigenvalue weighted by Crippen LogP contribution is 2.39. The van der Waals surface area contributed by atoms with E-state index in [1.807, 2.05) is 37.3 Å². The van der Waals surface area contributed by atoms with Crippen molar-refractivity contribution < 1.29 is 24.1 Å². The Bertz CT molecular complexity index is 985. The fourth-order valence-corrected chi connectivity index (χ4v) is 3.78. The fraction of sp³-hybridized carbons (Fsp3) is 0.238. The van der Waals surface area contributed by atoms with Crippen LogP contribution in [0.3, 0.4) is 0 Å². The Hall–Kier alpha value is -3.26. The standard InChI is InChI=1S/C21H22N2O5S/c1-4-28-14-7-5-13(6-8-14)22-21-23-20(18(29-21)12-19(24)25)16-10-9-15(26-2)11-17(16)27-3/h5-11H,4,12H2,1-3H3,(H,22,23)(H,24,25). The summed E-state index contributed by atoms with van der Waals surface area (Å²) in [6.07, 6.45) is -0.132. The molecule has 0 spiro atoms. The maximum atomic E-state index is 11.4. The van der Waals surface area contributed by atoms with Gasteiger partial charge in [-0.3, -0.25) is 4.79 Å². The molecule has 0 radical (unpaired) electrons. The van der Waals surface area contributed by atoms with Crippen LogP contribution in [0.5, 0.6) is 17.2 Å². The number of carboxylic acids is 1. The number of hydrogen-bond donors (Lipinski definition) is 2. The third-order valence-electron chi connectivity index (χ3n) is 4.09. The number of methoxy groups -OCH3 is 2. The second kappa shape index (κ2) is 9.29. The lowest BCUT2D eigenvalue weighted by atomic mass is 10.1. The molecule has 8 heteroatoms. The Morgan fingerprint density at radius 3 is 2.45 bits per heavy atom. The van der Waals surface area contributed by atoms with Crippen molar-refractivity contribution in [2.75, 3.05) is 26.1 Å². The molecule has 1 heterocycles. The zero-order chi connectivity index (χ0) is 20.8. The molecule has 29 heavy (non-hydrogen) atoms. The summed E-state index contributed by atoms with van der Waals surface area (Å²) >= 11 is 1.30. The van der Waals surface area contributed by atoms with E-state index in [1.54, 1.807) is 26.4 Å². The number of nitrogens with zero attached hydrogens (tertiary/aromatic N) is 1. The van der Waals surface area contributed by atoms with E-state index < -0.39 is 5.97 Å². The molecule has 1 aromatic heterocycles. The van der Waals surface area contributed by atoms with E-state index in [0.717, 1.165) is 11.4 Å². The zero-order valence-electron chi connectivity index (χ0n) is 16.4. The highest BCUT2D eigenvalue weighted by atomic mass is 32.1. The topological polar surface area (TPSA) is 89.9 Å². The summed E-state index contributed by atoms with van der Waals surface area (Å²) < 4.78 is 16.2. The molecule has 0 aliphatic rings. The van der Waals surface area contributed by atoms with Gasteiger partial charge in [-0.1, -0.05) is 0 Å². The zero-order valence-corrected chi connectivity index (χ0v) is 17.2. The van der Waals surface area contributed by atoms with Gasteiger partial charge in [0.2, 0.25) is 0 Å². The molecule has 0 saturated heterocycles. The Kier molecular flexibility index (Phi) is 6.56. The molecule has 2 N–H and O–H groups in total. The lowest BCUT2D eigenvalue weighted by Gasteiger charge is -2.09. The third-order valence-corrected chi connectivity index (χ3v) is 5.06. The second-order valence-corrected chi connectivity index (χ2v) is 7.09. The molecule has 0 atom stereocenters. The van der Waals surface area contributed by atoms with Crippen LogP contribution < -0.4 is 19.5 Å². The Labute approximate surface area is 172 Å². The number of benzene rings is 2. The highest BCUT2D eigenvalue weighted by Gasteiger charge is 2.19. The van der Waals surface area contributed by atoms with Crippen LogP contribution in [-0.2, 0) is 11.2 Å². The summed E-state index contributed by atoms with van der Waals surface area (Å²) in [5, 5.41) is 13.1. The molecule has 0 unspecified atom stereocenters. The number of thiazole rings is 1. The minimum absolute atomic E-state index is 0.132. The third kappa shape index (κ3) is 4.97. The number of aromatic nitrogens is 1. The molecule has 152 valence electrons. The molecular formula is C21H22N2O5S. The molecule has 0 aliphatic carbocycles. The van der Waals surface area contributed by atoms with Crippen LogP contribution in [0.1, 0.15) is 11.8 Å². The number of hydrogen-bond acceptors (Lipinski definition) is 7. The second-order valence-electron chi connectivity index (χ2n) is 6.01. The number of anilines is 2. The SMILES string of the molecule is CCOc1ccc(Nc2nc(-c3ccc(OC)cc3OC)c(CC(=O)O)s2)cc1. The molecular weight excluding hydrogens is 392 g/mol. The molecule has 0 saturated carbocycles. The Balaban J connectivity index is 1.95. The number of nitrogens with one attached hydrogen (secondary N) is 1. The van der Waals surface area contributed by atoms with E-state index >= 15 is 0 Å². The maximum Gasteiger partial charge on any atom is 0.308 e. The van der Waals surface area contributed by atoms with Crippen molar-refractivity contribution in [3.63, 3.8) is 0 Å².